The molecule has 1 aromatic carbocycles. The van der Waals surface area contributed by atoms with Crippen LogP contribution in [0.4, 0.5) is 5.69 Å². The van der Waals surface area contributed by atoms with Crippen molar-refractivity contribution in [2.24, 2.45) is 10.9 Å². The van der Waals surface area contributed by atoms with E-state index in [2.05, 4.69) is 37.4 Å². The molecule has 136 valence electrons. The van der Waals surface area contributed by atoms with Gasteiger partial charge in [0, 0.05) is 29.7 Å². The number of aliphatic imine (C=N–C) groups is 1. The van der Waals surface area contributed by atoms with Crippen LogP contribution in [0.15, 0.2) is 47.8 Å². The summed E-state index contributed by atoms with van der Waals surface area (Å²) in [4.78, 5) is 17.7. The minimum absolute atomic E-state index is 0.572. The molecule has 0 bridgehead atoms. The van der Waals surface area contributed by atoms with Gasteiger partial charge < -0.3 is 10.1 Å². The molecular weight excluding hydrogens is 338 g/mol. The average molecular weight is 359 g/mol. The first kappa shape index (κ1) is 16.2. The summed E-state index contributed by atoms with van der Waals surface area (Å²) in [6.45, 7) is 1.33. The van der Waals surface area contributed by atoms with Crippen LogP contribution in [0.2, 0.25) is 0 Å². The second kappa shape index (κ2) is 6.95. The topological polar surface area (TPSA) is 72.3 Å². The van der Waals surface area contributed by atoms with Crippen LogP contribution in [0.1, 0.15) is 37.1 Å². The minimum Gasteiger partial charge on any atom is -0.477 e. The molecule has 6 nitrogen and oxygen atoms in total. The van der Waals surface area contributed by atoms with Gasteiger partial charge in [0.25, 0.3) is 0 Å². The molecule has 5 rings (SSSR count). The third kappa shape index (κ3) is 3.23. The fourth-order valence-electron chi connectivity index (χ4n) is 3.86. The van der Waals surface area contributed by atoms with Gasteiger partial charge >= 0.3 is 0 Å². The molecule has 0 atom stereocenters. The van der Waals surface area contributed by atoms with Crippen LogP contribution in [0.3, 0.4) is 0 Å². The first-order valence-electron chi connectivity index (χ1n) is 9.50. The maximum Gasteiger partial charge on any atom is 0.221 e. The van der Waals surface area contributed by atoms with Gasteiger partial charge in [0.15, 0.2) is 5.84 Å². The Morgan fingerprint density at radius 3 is 2.81 bits per heavy atom. The summed E-state index contributed by atoms with van der Waals surface area (Å²) in [6.07, 6.45) is 10.4. The van der Waals surface area contributed by atoms with E-state index in [9.17, 15) is 0 Å². The number of anilines is 1. The Kier molecular flexibility index (Phi) is 4.16. The van der Waals surface area contributed by atoms with E-state index in [1.54, 1.807) is 12.4 Å². The van der Waals surface area contributed by atoms with Crippen molar-refractivity contribution < 1.29 is 4.74 Å². The molecule has 27 heavy (non-hydrogen) atoms. The number of benzene rings is 1. The maximum atomic E-state index is 6.05. The van der Waals surface area contributed by atoms with Gasteiger partial charge in [-0.2, -0.15) is 0 Å². The Hall–Kier alpha value is -3.02. The lowest BCUT2D eigenvalue weighted by Gasteiger charge is -2.13. The summed E-state index contributed by atoms with van der Waals surface area (Å²) in [5.41, 5.74) is 2.70. The number of pyridine rings is 1. The molecule has 1 aliphatic heterocycles. The van der Waals surface area contributed by atoms with Crippen LogP contribution in [0.5, 0.6) is 5.88 Å². The molecule has 1 fully saturated rings. The number of nitrogens with one attached hydrogen (secondary N) is 1. The third-order valence-corrected chi connectivity index (χ3v) is 5.31. The number of nitrogens with zero attached hydrogens (tertiary/aromatic N) is 4. The van der Waals surface area contributed by atoms with Crippen molar-refractivity contribution >= 4 is 22.3 Å². The summed E-state index contributed by atoms with van der Waals surface area (Å²) in [5.74, 6) is 2.16. The molecule has 6 heteroatoms. The van der Waals surface area contributed by atoms with Crippen molar-refractivity contribution in [3.8, 4) is 5.88 Å². The maximum absolute atomic E-state index is 6.05. The monoisotopic (exact) mass is 359 g/mol. The normalized spacial score (nSPS) is 16.4. The van der Waals surface area contributed by atoms with Crippen LogP contribution < -0.4 is 10.1 Å². The lowest BCUT2D eigenvalue weighted by Crippen LogP contribution is -2.13. The Morgan fingerprint density at radius 2 is 1.89 bits per heavy atom. The Labute approximate surface area is 157 Å². The number of rotatable bonds is 4. The Bertz CT molecular complexity index is 1010. The molecule has 1 saturated carbocycles. The first-order chi connectivity index (χ1) is 13.4. The molecule has 3 aromatic rings. The minimum atomic E-state index is 0.572. The molecule has 2 aromatic heterocycles. The number of hydrogen-bond donors (Lipinski definition) is 1. The fraction of sp³-hybridized carbons (Fsp3) is 0.333. The zero-order valence-corrected chi connectivity index (χ0v) is 15.1. The molecule has 2 aliphatic rings. The van der Waals surface area contributed by atoms with Gasteiger partial charge in [-0.05, 0) is 48.4 Å². The molecule has 0 amide bonds. The lowest BCUT2D eigenvalue weighted by molar-refractivity contribution is 0.246. The van der Waals surface area contributed by atoms with Crippen molar-refractivity contribution in [1.29, 1.82) is 0 Å². The predicted molar refractivity (Wildman–Crippen MR) is 105 cm³/mol. The van der Waals surface area contributed by atoms with Gasteiger partial charge in [0.2, 0.25) is 5.88 Å². The zero-order valence-electron chi connectivity index (χ0n) is 15.1. The van der Waals surface area contributed by atoms with E-state index in [4.69, 9.17) is 4.74 Å². The second-order valence-corrected chi connectivity index (χ2v) is 7.15. The zero-order chi connectivity index (χ0) is 18.1. The van der Waals surface area contributed by atoms with Crippen LogP contribution in [0.25, 0.3) is 10.8 Å². The van der Waals surface area contributed by atoms with E-state index >= 15 is 0 Å². The molecular formula is C21H21N5O. The van der Waals surface area contributed by atoms with E-state index in [1.165, 1.54) is 25.7 Å². The van der Waals surface area contributed by atoms with Crippen molar-refractivity contribution in [3.63, 3.8) is 0 Å². The largest absolute Gasteiger partial charge is 0.477 e. The molecule has 1 aliphatic carbocycles. The van der Waals surface area contributed by atoms with E-state index < -0.39 is 0 Å². The summed E-state index contributed by atoms with van der Waals surface area (Å²) < 4.78 is 6.05. The number of hydrogen-bond acceptors (Lipinski definition) is 6. The number of amidine groups is 1. The summed E-state index contributed by atoms with van der Waals surface area (Å²) in [6, 6.07) is 8.19. The van der Waals surface area contributed by atoms with Crippen molar-refractivity contribution in [2.45, 2.75) is 32.2 Å². The number of fused-ring (bicyclic) bond motifs is 2. The van der Waals surface area contributed by atoms with E-state index in [0.717, 1.165) is 46.2 Å². The molecule has 0 unspecified atom stereocenters. The van der Waals surface area contributed by atoms with Crippen molar-refractivity contribution in [2.75, 3.05) is 11.9 Å². The summed E-state index contributed by atoms with van der Waals surface area (Å²) >= 11 is 0. The van der Waals surface area contributed by atoms with Gasteiger partial charge in [-0.3, -0.25) is 9.98 Å². The molecule has 3 heterocycles. The average Bonchev–Trinajstić information content (AvgIpc) is 3.36. The molecule has 1 N–H and O–H groups in total. The predicted octanol–water partition coefficient (Wildman–Crippen LogP) is 3.97. The molecule has 0 radical (unpaired) electrons. The van der Waals surface area contributed by atoms with Gasteiger partial charge in [0.05, 0.1) is 18.8 Å². The van der Waals surface area contributed by atoms with Crippen LogP contribution in [0, 0.1) is 5.92 Å². The van der Waals surface area contributed by atoms with Gasteiger partial charge in [0.1, 0.15) is 5.69 Å². The highest BCUT2D eigenvalue weighted by atomic mass is 16.5. The van der Waals surface area contributed by atoms with Gasteiger partial charge in [-0.1, -0.05) is 12.8 Å². The van der Waals surface area contributed by atoms with Gasteiger partial charge in [-0.25, -0.2) is 9.97 Å². The van der Waals surface area contributed by atoms with Crippen molar-refractivity contribution in [1.82, 2.24) is 15.0 Å². The summed E-state index contributed by atoms with van der Waals surface area (Å²) in [5, 5.41) is 5.50. The quantitative estimate of drug-likeness (QED) is 0.763. The highest BCUT2D eigenvalue weighted by molar-refractivity contribution is 6.09. The van der Waals surface area contributed by atoms with E-state index in [-0.39, 0.29) is 0 Å². The Morgan fingerprint density at radius 1 is 1.00 bits per heavy atom. The summed E-state index contributed by atoms with van der Waals surface area (Å²) in [7, 11) is 0. The molecule has 0 spiro atoms. The fourth-order valence-corrected chi connectivity index (χ4v) is 3.86. The smallest absolute Gasteiger partial charge is 0.221 e. The van der Waals surface area contributed by atoms with E-state index in [1.807, 2.05) is 18.3 Å². The third-order valence-electron chi connectivity index (χ3n) is 5.31. The second-order valence-electron chi connectivity index (χ2n) is 7.15. The number of ether oxygens (including phenoxy) is 1. The van der Waals surface area contributed by atoms with Gasteiger partial charge in [-0.15, -0.1) is 0 Å². The van der Waals surface area contributed by atoms with Crippen molar-refractivity contribution in [3.05, 3.63) is 54.2 Å². The highest BCUT2D eigenvalue weighted by Crippen LogP contribution is 2.29. The van der Waals surface area contributed by atoms with Crippen LogP contribution in [-0.4, -0.2) is 27.4 Å². The highest BCUT2D eigenvalue weighted by Gasteiger charge is 2.19. The Balaban J connectivity index is 1.36. The SMILES string of the molecule is c1cnc2c(n1)CN=C2Nc1ccc2c(OCC3CCCC3)nccc2c1. The standard InChI is InChI=1S/C21H21N5O/c1-2-4-14(3-1)13-27-21-17-6-5-16(11-15(17)7-8-24-21)26-20-19-18(12-25-20)22-9-10-23-19/h5-11,14H,1-4,12-13H2,(H,25,26). The van der Waals surface area contributed by atoms with Crippen LogP contribution in [-0.2, 0) is 6.54 Å². The first-order valence-corrected chi connectivity index (χ1v) is 9.50. The van der Waals surface area contributed by atoms with Crippen LogP contribution >= 0.6 is 0 Å². The number of aromatic nitrogens is 3. The van der Waals surface area contributed by atoms with E-state index in [0.29, 0.717) is 12.5 Å². The molecule has 0 saturated heterocycles. The lowest BCUT2D eigenvalue weighted by atomic mass is 10.1.